The summed E-state index contributed by atoms with van der Waals surface area (Å²) in [5.74, 6) is 6.21. The second-order valence-corrected chi connectivity index (χ2v) is 8.35. The van der Waals surface area contributed by atoms with Crippen LogP contribution in [-0.2, 0) is 11.4 Å². The fourth-order valence-corrected chi connectivity index (χ4v) is 4.53. The normalized spacial score (nSPS) is 14.9. The van der Waals surface area contributed by atoms with Crippen LogP contribution in [0.2, 0.25) is 0 Å². The molecule has 0 radical (unpaired) electrons. The highest BCUT2D eigenvalue weighted by atomic mass is 32.2. The molecule has 2 aromatic carbocycles. The van der Waals surface area contributed by atoms with Gasteiger partial charge in [-0.05, 0) is 37.0 Å². The van der Waals surface area contributed by atoms with Crippen LogP contribution in [0.4, 0.5) is 4.39 Å². The van der Waals surface area contributed by atoms with E-state index in [1.807, 2.05) is 35.2 Å². The minimum Gasteiger partial charge on any atom is -0.482 e. The Kier molecular flexibility index (Phi) is 6.71. The van der Waals surface area contributed by atoms with E-state index >= 15 is 0 Å². The van der Waals surface area contributed by atoms with E-state index < -0.39 is 11.1 Å². The molecule has 2 N–H and O–H groups in total. The Bertz CT molecular complexity index is 1020. The van der Waals surface area contributed by atoms with Crippen LogP contribution in [0.5, 0.6) is 5.75 Å². The van der Waals surface area contributed by atoms with E-state index in [2.05, 4.69) is 10.2 Å². The van der Waals surface area contributed by atoms with E-state index in [0.29, 0.717) is 11.0 Å². The number of carbonyl (C=O) groups excluding carboxylic acids is 1. The molecule has 7 nitrogen and oxygen atoms in total. The van der Waals surface area contributed by atoms with Gasteiger partial charge in [-0.3, -0.25) is 4.79 Å². The Morgan fingerprint density at radius 1 is 1.06 bits per heavy atom. The summed E-state index contributed by atoms with van der Waals surface area (Å²) in [6.07, 6.45) is 3.18. The number of halogens is 1. The van der Waals surface area contributed by atoms with Crippen LogP contribution in [0, 0.1) is 5.82 Å². The summed E-state index contributed by atoms with van der Waals surface area (Å²) in [7, 11) is 0. The van der Waals surface area contributed by atoms with Crippen LogP contribution >= 0.6 is 11.8 Å². The number of para-hydroxylation sites is 1. The minimum absolute atomic E-state index is 0.0406. The third kappa shape index (κ3) is 4.99. The highest BCUT2D eigenvalue weighted by molar-refractivity contribution is 8.00. The first-order chi connectivity index (χ1) is 15.1. The number of hydrogen-bond donors (Lipinski definition) is 1. The molecule has 1 saturated heterocycles. The fraction of sp³-hybridized carbons (Fsp3) is 0.318. The maximum absolute atomic E-state index is 13.8. The molecular formula is C22H24FN5O2S. The summed E-state index contributed by atoms with van der Waals surface area (Å²) in [5.41, 5.74) is 0.884. The van der Waals surface area contributed by atoms with Gasteiger partial charge in [0.25, 0.3) is 0 Å². The molecule has 3 aromatic rings. The zero-order valence-electron chi connectivity index (χ0n) is 17.0. The van der Waals surface area contributed by atoms with Crippen LogP contribution in [0.25, 0.3) is 0 Å². The smallest absolute Gasteiger partial charge is 0.240 e. The number of nitrogens with zero attached hydrogens (tertiary/aromatic N) is 4. The zero-order valence-corrected chi connectivity index (χ0v) is 17.8. The maximum atomic E-state index is 13.8. The van der Waals surface area contributed by atoms with Crippen molar-refractivity contribution in [2.75, 3.05) is 18.9 Å². The molecule has 9 heteroatoms. The summed E-state index contributed by atoms with van der Waals surface area (Å²) >= 11 is 1.26. The van der Waals surface area contributed by atoms with E-state index in [1.54, 1.807) is 12.1 Å². The van der Waals surface area contributed by atoms with Crippen LogP contribution in [0.15, 0.2) is 59.8 Å². The largest absolute Gasteiger partial charge is 0.482 e. The first kappa shape index (κ1) is 21.2. The molecule has 0 aliphatic carbocycles. The lowest BCUT2D eigenvalue weighted by atomic mass is 10.1. The zero-order chi connectivity index (χ0) is 21.6. The molecule has 162 valence electrons. The Balaban J connectivity index is 1.52. The second kappa shape index (κ2) is 9.82. The number of nitrogens with two attached hydrogens (primary N) is 1. The van der Waals surface area contributed by atoms with Gasteiger partial charge in [-0.1, -0.05) is 54.2 Å². The average molecular weight is 442 g/mol. The van der Waals surface area contributed by atoms with Crippen LogP contribution in [0.3, 0.4) is 0 Å². The first-order valence-electron chi connectivity index (χ1n) is 10.2. The number of thioether (sulfide) groups is 1. The Hall–Kier alpha value is -3.07. The first-order valence-corrected chi connectivity index (χ1v) is 11.1. The highest BCUT2D eigenvalue weighted by Gasteiger charge is 2.30. The number of nitrogen functional groups attached to an aromatic ring is 1. The van der Waals surface area contributed by atoms with E-state index in [4.69, 9.17) is 10.6 Å². The lowest BCUT2D eigenvalue weighted by Crippen LogP contribution is -2.38. The SMILES string of the molecule is Nn1c(COc2ccccc2F)nnc1SC(C(=O)N1CCCCC1)c1ccccc1. The van der Waals surface area contributed by atoms with Gasteiger partial charge in [0.1, 0.15) is 11.9 Å². The van der Waals surface area contributed by atoms with Gasteiger partial charge in [0, 0.05) is 13.1 Å². The molecule has 1 aromatic heterocycles. The van der Waals surface area contributed by atoms with E-state index in [0.717, 1.165) is 37.9 Å². The average Bonchev–Trinajstić information content (AvgIpc) is 3.16. The highest BCUT2D eigenvalue weighted by Crippen LogP contribution is 2.36. The van der Waals surface area contributed by atoms with Crippen molar-refractivity contribution in [1.29, 1.82) is 0 Å². The molecule has 31 heavy (non-hydrogen) atoms. The third-order valence-electron chi connectivity index (χ3n) is 5.15. The maximum Gasteiger partial charge on any atom is 0.240 e. The van der Waals surface area contributed by atoms with Crippen molar-refractivity contribution in [2.24, 2.45) is 0 Å². The number of amides is 1. The predicted molar refractivity (Wildman–Crippen MR) is 116 cm³/mol. The van der Waals surface area contributed by atoms with Crippen molar-refractivity contribution in [3.63, 3.8) is 0 Å². The second-order valence-electron chi connectivity index (χ2n) is 7.28. The van der Waals surface area contributed by atoms with Crippen LogP contribution < -0.4 is 10.6 Å². The fourth-order valence-electron chi connectivity index (χ4n) is 3.46. The number of piperidine rings is 1. The van der Waals surface area contributed by atoms with Gasteiger partial charge in [-0.25, -0.2) is 9.07 Å². The van der Waals surface area contributed by atoms with E-state index in [9.17, 15) is 9.18 Å². The van der Waals surface area contributed by atoms with Gasteiger partial charge >= 0.3 is 0 Å². The molecule has 2 heterocycles. The number of hydrogen-bond acceptors (Lipinski definition) is 6. The van der Waals surface area contributed by atoms with Crippen LogP contribution in [0.1, 0.15) is 35.9 Å². The summed E-state index contributed by atoms with van der Waals surface area (Å²) in [6, 6.07) is 15.7. The number of benzene rings is 2. The summed E-state index contributed by atoms with van der Waals surface area (Å²) in [6.45, 7) is 1.49. The van der Waals surface area contributed by atoms with Gasteiger partial charge in [0.05, 0.1) is 0 Å². The molecule has 0 saturated carbocycles. The van der Waals surface area contributed by atoms with Crippen molar-refractivity contribution in [2.45, 2.75) is 36.3 Å². The molecule has 1 aliphatic heterocycles. The van der Waals surface area contributed by atoms with Gasteiger partial charge in [0.2, 0.25) is 11.1 Å². The summed E-state index contributed by atoms with van der Waals surface area (Å²) in [5, 5.41) is 8.14. The molecule has 0 spiro atoms. The molecule has 1 unspecified atom stereocenters. The van der Waals surface area contributed by atoms with Gasteiger partial charge in [0.15, 0.2) is 17.4 Å². The van der Waals surface area contributed by atoms with E-state index in [1.165, 1.54) is 28.6 Å². The van der Waals surface area contributed by atoms with Crippen molar-refractivity contribution < 1.29 is 13.9 Å². The molecule has 1 amide bonds. The van der Waals surface area contributed by atoms with Gasteiger partial charge < -0.3 is 15.5 Å². The number of carbonyl (C=O) groups is 1. The Labute approximate surface area is 184 Å². The van der Waals surface area contributed by atoms with Crippen molar-refractivity contribution in [3.05, 3.63) is 71.8 Å². The van der Waals surface area contributed by atoms with Gasteiger partial charge in [-0.15, -0.1) is 10.2 Å². The molecule has 1 aliphatic rings. The quantitative estimate of drug-likeness (QED) is 0.446. The van der Waals surface area contributed by atoms with Crippen molar-refractivity contribution in [3.8, 4) is 5.75 Å². The Morgan fingerprint density at radius 3 is 2.52 bits per heavy atom. The number of aromatic nitrogens is 3. The monoisotopic (exact) mass is 441 g/mol. The molecule has 0 bridgehead atoms. The topological polar surface area (TPSA) is 86.3 Å². The number of rotatable bonds is 7. The van der Waals surface area contributed by atoms with Crippen molar-refractivity contribution >= 4 is 17.7 Å². The summed E-state index contributed by atoms with van der Waals surface area (Å²) < 4.78 is 20.6. The van der Waals surface area contributed by atoms with Crippen LogP contribution in [-0.4, -0.2) is 38.8 Å². The Morgan fingerprint density at radius 2 is 1.77 bits per heavy atom. The lowest BCUT2D eigenvalue weighted by molar-refractivity contribution is -0.131. The molecule has 1 fully saturated rings. The standard InChI is InChI=1S/C22H24FN5O2S/c23-17-11-5-6-12-18(17)30-15-19-25-26-22(28(19)24)31-20(16-9-3-1-4-10-16)21(29)27-13-7-2-8-14-27/h1,3-6,9-12,20H,2,7-8,13-15,24H2. The summed E-state index contributed by atoms with van der Waals surface area (Å²) in [4.78, 5) is 15.2. The number of likely N-dealkylation sites (tertiary alicyclic amines) is 1. The molecule has 1 atom stereocenters. The van der Waals surface area contributed by atoms with E-state index in [-0.39, 0.29) is 18.3 Å². The minimum atomic E-state index is -0.480. The van der Waals surface area contributed by atoms with Gasteiger partial charge in [-0.2, -0.15) is 0 Å². The predicted octanol–water partition coefficient (Wildman–Crippen LogP) is 3.56. The molecular weight excluding hydrogens is 417 g/mol. The number of ether oxygens (including phenoxy) is 1. The molecule has 4 rings (SSSR count). The lowest BCUT2D eigenvalue weighted by Gasteiger charge is -2.30. The third-order valence-corrected chi connectivity index (χ3v) is 6.34. The van der Waals surface area contributed by atoms with Crippen molar-refractivity contribution in [1.82, 2.24) is 19.8 Å².